The van der Waals surface area contributed by atoms with Crippen molar-refractivity contribution in [3.63, 3.8) is 0 Å². The van der Waals surface area contributed by atoms with Crippen LogP contribution < -0.4 is 5.32 Å². The van der Waals surface area contributed by atoms with E-state index in [9.17, 15) is 0 Å². The minimum absolute atomic E-state index is 0.0416. The quantitative estimate of drug-likeness (QED) is 0.842. The number of aromatic nitrogens is 1. The molecule has 1 N–H and O–H groups in total. The van der Waals surface area contributed by atoms with E-state index in [1.807, 2.05) is 6.92 Å². The van der Waals surface area contributed by atoms with Gasteiger partial charge >= 0.3 is 0 Å². The molecular weight excluding hydrogens is 236 g/mol. The van der Waals surface area contributed by atoms with E-state index in [1.165, 1.54) is 5.01 Å². The summed E-state index contributed by atoms with van der Waals surface area (Å²) >= 11 is 1.73. The second-order valence-electron chi connectivity index (χ2n) is 4.25. The van der Waals surface area contributed by atoms with Gasteiger partial charge in [0.15, 0.2) is 6.29 Å². The Morgan fingerprint density at radius 1 is 1.53 bits per heavy atom. The molecule has 0 spiro atoms. The predicted molar refractivity (Wildman–Crippen MR) is 68.3 cm³/mol. The van der Waals surface area contributed by atoms with E-state index in [1.54, 1.807) is 11.3 Å². The van der Waals surface area contributed by atoms with Crippen molar-refractivity contribution < 1.29 is 9.47 Å². The normalized spacial score (nSPS) is 18.7. The van der Waals surface area contributed by atoms with Gasteiger partial charge < -0.3 is 14.8 Å². The van der Waals surface area contributed by atoms with Crippen molar-refractivity contribution in [2.75, 3.05) is 19.8 Å². The van der Waals surface area contributed by atoms with Crippen molar-refractivity contribution in [1.29, 1.82) is 0 Å². The Morgan fingerprint density at radius 3 is 2.88 bits per heavy atom. The Balaban J connectivity index is 1.87. The molecule has 96 valence electrons. The second-order valence-corrected chi connectivity index (χ2v) is 5.19. The fraction of sp³-hybridized carbons (Fsp3) is 0.750. The zero-order chi connectivity index (χ0) is 12.1. The minimum atomic E-state index is -0.0416. The third kappa shape index (κ3) is 4.03. The zero-order valence-corrected chi connectivity index (χ0v) is 11.3. The van der Waals surface area contributed by atoms with Crippen LogP contribution in [-0.4, -0.2) is 37.1 Å². The fourth-order valence-corrected chi connectivity index (χ4v) is 2.86. The third-order valence-electron chi connectivity index (χ3n) is 2.75. The molecule has 0 amide bonds. The fourth-order valence-electron chi connectivity index (χ4n) is 2.01. The summed E-state index contributed by atoms with van der Waals surface area (Å²) in [4.78, 5) is 4.50. The minimum Gasteiger partial charge on any atom is -0.350 e. The number of rotatable bonds is 6. The lowest BCUT2D eigenvalue weighted by Crippen LogP contribution is -2.34. The van der Waals surface area contributed by atoms with Gasteiger partial charge in [0.2, 0.25) is 0 Å². The van der Waals surface area contributed by atoms with Gasteiger partial charge in [-0.05, 0) is 13.5 Å². The van der Waals surface area contributed by atoms with Crippen LogP contribution in [0.3, 0.4) is 0 Å². The number of nitrogens with zero attached hydrogens (tertiary/aromatic N) is 1. The largest absolute Gasteiger partial charge is 0.350 e. The molecule has 0 aliphatic carbocycles. The molecule has 0 radical (unpaired) electrons. The molecule has 1 aromatic heterocycles. The van der Waals surface area contributed by atoms with E-state index < -0.39 is 0 Å². The summed E-state index contributed by atoms with van der Waals surface area (Å²) in [5.74, 6) is 0. The van der Waals surface area contributed by atoms with E-state index in [-0.39, 0.29) is 6.29 Å². The van der Waals surface area contributed by atoms with Crippen LogP contribution in [-0.2, 0) is 15.9 Å². The highest BCUT2D eigenvalue weighted by atomic mass is 32.1. The molecule has 0 saturated carbocycles. The van der Waals surface area contributed by atoms with Crippen LogP contribution >= 0.6 is 11.3 Å². The van der Waals surface area contributed by atoms with Gasteiger partial charge in [-0.25, -0.2) is 4.98 Å². The van der Waals surface area contributed by atoms with Crippen molar-refractivity contribution >= 4 is 11.3 Å². The van der Waals surface area contributed by atoms with Crippen molar-refractivity contribution in [2.24, 2.45) is 0 Å². The number of nitrogens with one attached hydrogen (secondary N) is 1. The number of hydrogen-bond acceptors (Lipinski definition) is 5. The van der Waals surface area contributed by atoms with Crippen LogP contribution in [0.1, 0.15) is 24.0 Å². The van der Waals surface area contributed by atoms with Gasteiger partial charge in [0.1, 0.15) is 0 Å². The standard InChI is InChI=1S/C12H20N2O2S/c1-3-13-10(7-12-15-4-5-16-12)6-11-14-9(2)8-17-11/h8,10,12-13H,3-7H2,1-2H3. The summed E-state index contributed by atoms with van der Waals surface area (Å²) in [6, 6.07) is 0.383. The predicted octanol–water partition coefficient (Wildman–Crippen LogP) is 1.74. The average molecular weight is 256 g/mol. The molecule has 1 atom stereocenters. The smallest absolute Gasteiger partial charge is 0.159 e. The molecule has 1 fully saturated rings. The third-order valence-corrected chi connectivity index (χ3v) is 3.74. The summed E-state index contributed by atoms with van der Waals surface area (Å²) in [5.41, 5.74) is 1.11. The highest BCUT2D eigenvalue weighted by molar-refractivity contribution is 7.09. The van der Waals surface area contributed by atoms with Crippen LogP contribution in [0.4, 0.5) is 0 Å². The van der Waals surface area contributed by atoms with E-state index >= 15 is 0 Å². The topological polar surface area (TPSA) is 43.4 Å². The Morgan fingerprint density at radius 2 is 2.29 bits per heavy atom. The van der Waals surface area contributed by atoms with Gasteiger partial charge in [-0.3, -0.25) is 0 Å². The van der Waals surface area contributed by atoms with Crippen LogP contribution in [0.15, 0.2) is 5.38 Å². The molecule has 0 bridgehead atoms. The highest BCUT2D eigenvalue weighted by Crippen LogP contribution is 2.16. The number of ether oxygens (including phenoxy) is 2. The van der Waals surface area contributed by atoms with E-state index in [0.717, 1.165) is 38.3 Å². The lowest BCUT2D eigenvalue weighted by Gasteiger charge is -2.19. The molecule has 1 aromatic rings. The average Bonchev–Trinajstić information content (AvgIpc) is 2.91. The monoisotopic (exact) mass is 256 g/mol. The van der Waals surface area contributed by atoms with Crippen LogP contribution in [0.5, 0.6) is 0 Å². The number of aryl methyl sites for hydroxylation is 1. The molecule has 4 nitrogen and oxygen atoms in total. The number of hydrogen-bond donors (Lipinski definition) is 1. The van der Waals surface area contributed by atoms with E-state index in [2.05, 4.69) is 22.6 Å². The van der Waals surface area contributed by atoms with Gasteiger partial charge in [0, 0.05) is 30.0 Å². The number of thiazole rings is 1. The molecule has 2 rings (SSSR count). The van der Waals surface area contributed by atoms with Crippen molar-refractivity contribution in [3.05, 3.63) is 16.1 Å². The molecule has 2 heterocycles. The first kappa shape index (κ1) is 13.0. The molecule has 1 aliphatic rings. The molecular formula is C12H20N2O2S. The van der Waals surface area contributed by atoms with Crippen LogP contribution in [0.25, 0.3) is 0 Å². The second kappa shape index (κ2) is 6.44. The van der Waals surface area contributed by atoms with Gasteiger partial charge in [0.25, 0.3) is 0 Å². The summed E-state index contributed by atoms with van der Waals surface area (Å²) < 4.78 is 11.0. The highest BCUT2D eigenvalue weighted by Gasteiger charge is 2.21. The SMILES string of the molecule is CCNC(Cc1nc(C)cs1)CC1OCCO1. The van der Waals surface area contributed by atoms with Crippen molar-refractivity contribution in [3.8, 4) is 0 Å². The zero-order valence-electron chi connectivity index (χ0n) is 10.4. The van der Waals surface area contributed by atoms with Crippen molar-refractivity contribution in [1.82, 2.24) is 10.3 Å². The molecule has 17 heavy (non-hydrogen) atoms. The van der Waals surface area contributed by atoms with Gasteiger partial charge in [-0.1, -0.05) is 6.92 Å². The first-order chi connectivity index (χ1) is 8.28. The van der Waals surface area contributed by atoms with Crippen LogP contribution in [0, 0.1) is 6.92 Å². The maximum absolute atomic E-state index is 5.49. The van der Waals surface area contributed by atoms with Gasteiger partial charge in [-0.2, -0.15) is 0 Å². The Hall–Kier alpha value is -0.490. The summed E-state index contributed by atoms with van der Waals surface area (Å²) in [6.45, 7) is 6.56. The summed E-state index contributed by atoms with van der Waals surface area (Å²) in [6.07, 6.45) is 1.81. The maximum Gasteiger partial charge on any atom is 0.159 e. The Kier molecular flexibility index (Phi) is 4.91. The molecule has 1 unspecified atom stereocenters. The summed E-state index contributed by atoms with van der Waals surface area (Å²) in [5, 5.41) is 6.76. The number of likely N-dealkylation sites (N-methyl/N-ethyl adjacent to an activating group) is 1. The van der Waals surface area contributed by atoms with E-state index in [4.69, 9.17) is 9.47 Å². The Bertz CT molecular complexity index is 337. The Labute approximate surface area is 106 Å². The molecule has 1 saturated heterocycles. The van der Waals surface area contributed by atoms with Crippen LogP contribution in [0.2, 0.25) is 0 Å². The lowest BCUT2D eigenvalue weighted by molar-refractivity contribution is -0.0525. The van der Waals surface area contributed by atoms with Crippen molar-refractivity contribution in [2.45, 2.75) is 39.0 Å². The summed E-state index contributed by atoms with van der Waals surface area (Å²) in [7, 11) is 0. The van der Waals surface area contributed by atoms with Gasteiger partial charge in [-0.15, -0.1) is 11.3 Å². The first-order valence-electron chi connectivity index (χ1n) is 6.15. The first-order valence-corrected chi connectivity index (χ1v) is 7.03. The molecule has 0 aromatic carbocycles. The van der Waals surface area contributed by atoms with E-state index in [0.29, 0.717) is 6.04 Å². The molecule has 1 aliphatic heterocycles. The van der Waals surface area contributed by atoms with Gasteiger partial charge in [0.05, 0.1) is 18.2 Å². The molecule has 5 heteroatoms. The lowest BCUT2D eigenvalue weighted by atomic mass is 10.1. The maximum atomic E-state index is 5.49.